The molecule has 0 atom stereocenters. The largest absolute Gasteiger partial charge is 0.492 e. The number of likely N-dealkylation sites (tertiary alicyclic amines) is 1. The van der Waals surface area contributed by atoms with Gasteiger partial charge < -0.3 is 19.7 Å². The van der Waals surface area contributed by atoms with Gasteiger partial charge in [0.1, 0.15) is 12.4 Å². The number of alkyl carbamates (subject to hydrolysis) is 1. The van der Waals surface area contributed by atoms with Crippen LogP contribution in [0.5, 0.6) is 5.75 Å². The predicted octanol–water partition coefficient (Wildman–Crippen LogP) is 2.72. The molecule has 0 aromatic heterocycles. The van der Waals surface area contributed by atoms with Crippen LogP contribution in [0.15, 0.2) is 18.2 Å². The van der Waals surface area contributed by atoms with Gasteiger partial charge >= 0.3 is 6.09 Å². The highest BCUT2D eigenvalue weighted by molar-refractivity contribution is 6.32. The van der Waals surface area contributed by atoms with Gasteiger partial charge in [0.15, 0.2) is 0 Å². The second-order valence-electron chi connectivity index (χ2n) is 7.92. The van der Waals surface area contributed by atoms with Gasteiger partial charge in [0.2, 0.25) is 5.91 Å². The Hall–Kier alpha value is -2.46. The molecule has 1 aliphatic carbocycles. The van der Waals surface area contributed by atoms with Crippen LogP contribution < -0.4 is 10.1 Å². The highest BCUT2D eigenvalue weighted by Crippen LogP contribution is 2.41. The molecule has 3 aliphatic rings. The molecule has 2 saturated heterocycles. The van der Waals surface area contributed by atoms with Gasteiger partial charge in [-0.3, -0.25) is 4.79 Å². The molecule has 2 heterocycles. The number of cyclic esters (lactones) is 1. The quantitative estimate of drug-likeness (QED) is 0.834. The third-order valence-corrected chi connectivity index (χ3v) is 6.23. The molecule has 0 bridgehead atoms. The van der Waals surface area contributed by atoms with E-state index in [0.717, 1.165) is 25.9 Å². The van der Waals surface area contributed by atoms with Crippen molar-refractivity contribution in [2.24, 2.45) is 11.8 Å². The second kappa shape index (κ2) is 7.51. The average Bonchev–Trinajstić information content (AvgIpc) is 3.08. The topological polar surface area (TPSA) is 91.7 Å². The lowest BCUT2D eigenvalue weighted by Gasteiger charge is -2.44. The fraction of sp³-hybridized carbons (Fsp3) is 0.550. The minimum atomic E-state index is -0.380. The van der Waals surface area contributed by atoms with E-state index < -0.39 is 0 Å². The van der Waals surface area contributed by atoms with Crippen LogP contribution >= 0.6 is 11.6 Å². The summed E-state index contributed by atoms with van der Waals surface area (Å²) in [6, 6.07) is 7.05. The van der Waals surface area contributed by atoms with E-state index in [-0.39, 0.29) is 23.5 Å². The van der Waals surface area contributed by atoms with Gasteiger partial charge in [0, 0.05) is 19.0 Å². The predicted molar refractivity (Wildman–Crippen MR) is 101 cm³/mol. The maximum absolute atomic E-state index is 12.7. The number of halogens is 1. The molecule has 28 heavy (non-hydrogen) atoms. The van der Waals surface area contributed by atoms with Gasteiger partial charge in [-0.25, -0.2) is 4.79 Å². The number of hydrogen-bond acceptors (Lipinski definition) is 5. The zero-order valence-corrected chi connectivity index (χ0v) is 16.2. The van der Waals surface area contributed by atoms with Gasteiger partial charge in [-0.1, -0.05) is 11.6 Å². The first kappa shape index (κ1) is 18.9. The van der Waals surface area contributed by atoms with E-state index in [0.29, 0.717) is 48.3 Å². The summed E-state index contributed by atoms with van der Waals surface area (Å²) in [6.07, 6.45) is 2.72. The van der Waals surface area contributed by atoms with Crippen molar-refractivity contribution in [2.75, 3.05) is 26.3 Å². The van der Waals surface area contributed by atoms with E-state index in [1.165, 1.54) is 0 Å². The molecule has 2 aliphatic heterocycles. The van der Waals surface area contributed by atoms with Crippen molar-refractivity contribution in [2.45, 2.75) is 31.2 Å². The summed E-state index contributed by atoms with van der Waals surface area (Å²) >= 11 is 6.14. The summed E-state index contributed by atoms with van der Waals surface area (Å²) in [6.45, 7) is 2.36. The van der Waals surface area contributed by atoms with E-state index >= 15 is 0 Å². The normalized spacial score (nSPS) is 26.9. The highest BCUT2D eigenvalue weighted by atomic mass is 35.5. The first-order valence-electron chi connectivity index (χ1n) is 9.54. The molecule has 1 aromatic carbocycles. The van der Waals surface area contributed by atoms with Crippen LogP contribution in [0.2, 0.25) is 5.02 Å². The lowest BCUT2D eigenvalue weighted by molar-refractivity contribution is -0.142. The first-order valence-corrected chi connectivity index (χ1v) is 9.92. The van der Waals surface area contributed by atoms with Crippen molar-refractivity contribution in [3.63, 3.8) is 0 Å². The molecule has 1 saturated carbocycles. The lowest BCUT2D eigenvalue weighted by atomic mass is 9.68. The van der Waals surface area contributed by atoms with Crippen LogP contribution in [0.3, 0.4) is 0 Å². The van der Waals surface area contributed by atoms with Gasteiger partial charge in [-0.2, -0.15) is 5.26 Å². The number of nitrogens with one attached hydrogen (secondary N) is 1. The molecule has 7 nitrogen and oxygen atoms in total. The molecule has 1 aromatic rings. The van der Waals surface area contributed by atoms with Crippen molar-refractivity contribution in [3.8, 4) is 11.8 Å². The van der Waals surface area contributed by atoms with Crippen molar-refractivity contribution >= 4 is 23.6 Å². The summed E-state index contributed by atoms with van der Waals surface area (Å²) in [7, 11) is 0. The summed E-state index contributed by atoms with van der Waals surface area (Å²) in [5.41, 5.74) is 0.190. The van der Waals surface area contributed by atoms with E-state index in [9.17, 15) is 9.59 Å². The van der Waals surface area contributed by atoms with Crippen LogP contribution in [0, 0.1) is 23.2 Å². The van der Waals surface area contributed by atoms with Crippen LogP contribution in [-0.4, -0.2) is 48.7 Å². The van der Waals surface area contributed by atoms with Crippen LogP contribution in [-0.2, 0) is 9.53 Å². The molecule has 148 valence electrons. The summed E-state index contributed by atoms with van der Waals surface area (Å²) < 4.78 is 10.8. The number of hydrogen-bond donors (Lipinski definition) is 1. The summed E-state index contributed by atoms with van der Waals surface area (Å²) in [5.74, 6) is 1.11. The lowest BCUT2D eigenvalue weighted by Crippen LogP contribution is -2.58. The molecular weight excluding hydrogens is 382 g/mol. The number of amides is 2. The number of ether oxygens (including phenoxy) is 2. The number of nitriles is 1. The standard InChI is InChI=1S/C20H22ClN3O4/c21-16-7-14(10-22)1-2-17(16)27-11-13-3-5-24(6-4-13)18(25)15-8-20(9-15)12-28-19(26)23-20/h1-2,7,13,15H,3-6,8-9,11-12H2,(H,23,26)/t15-,20-. The Morgan fingerprint density at radius 2 is 2.14 bits per heavy atom. The summed E-state index contributed by atoms with van der Waals surface area (Å²) in [4.78, 5) is 25.8. The van der Waals surface area contributed by atoms with Gasteiger partial charge in [-0.15, -0.1) is 0 Å². The van der Waals surface area contributed by atoms with Crippen molar-refractivity contribution in [3.05, 3.63) is 28.8 Å². The number of carbonyl (C=O) groups is 2. The molecule has 1 N–H and O–H groups in total. The maximum atomic E-state index is 12.7. The van der Waals surface area contributed by atoms with E-state index in [1.54, 1.807) is 18.2 Å². The van der Waals surface area contributed by atoms with Crippen molar-refractivity contribution in [1.82, 2.24) is 10.2 Å². The molecule has 1 spiro atoms. The number of nitrogens with zero attached hydrogens (tertiary/aromatic N) is 2. The number of piperidine rings is 1. The first-order chi connectivity index (χ1) is 13.5. The molecule has 0 radical (unpaired) electrons. The molecular formula is C20H22ClN3O4. The van der Waals surface area contributed by atoms with Gasteiger partial charge in [0.25, 0.3) is 0 Å². The third kappa shape index (κ3) is 3.74. The van der Waals surface area contributed by atoms with E-state index in [2.05, 4.69) is 5.32 Å². The Balaban J connectivity index is 1.21. The van der Waals surface area contributed by atoms with Crippen molar-refractivity contribution < 1.29 is 19.1 Å². The maximum Gasteiger partial charge on any atom is 0.407 e. The Morgan fingerprint density at radius 3 is 2.75 bits per heavy atom. The molecule has 2 amide bonds. The molecule has 4 rings (SSSR count). The van der Waals surface area contributed by atoms with Crippen LogP contribution in [0.25, 0.3) is 0 Å². The average molecular weight is 404 g/mol. The van der Waals surface area contributed by atoms with Crippen molar-refractivity contribution in [1.29, 1.82) is 5.26 Å². The van der Waals surface area contributed by atoms with Crippen LogP contribution in [0.4, 0.5) is 4.79 Å². The third-order valence-electron chi connectivity index (χ3n) is 5.93. The smallest absolute Gasteiger partial charge is 0.407 e. The minimum Gasteiger partial charge on any atom is -0.492 e. The Kier molecular flexibility index (Phi) is 5.07. The van der Waals surface area contributed by atoms with Gasteiger partial charge in [0.05, 0.1) is 28.8 Å². The molecule has 3 fully saturated rings. The number of rotatable bonds is 4. The Bertz CT molecular complexity index is 823. The van der Waals surface area contributed by atoms with E-state index in [1.807, 2.05) is 11.0 Å². The van der Waals surface area contributed by atoms with Crippen LogP contribution in [0.1, 0.15) is 31.2 Å². The number of carbonyl (C=O) groups excluding carboxylic acids is 2. The summed E-state index contributed by atoms with van der Waals surface area (Å²) in [5, 5.41) is 12.1. The number of benzene rings is 1. The zero-order chi connectivity index (χ0) is 19.7. The minimum absolute atomic E-state index is 0.0211. The monoisotopic (exact) mass is 403 g/mol. The fourth-order valence-corrected chi connectivity index (χ4v) is 4.48. The highest BCUT2D eigenvalue weighted by Gasteiger charge is 2.53. The molecule has 0 unspecified atom stereocenters. The van der Waals surface area contributed by atoms with Gasteiger partial charge in [-0.05, 0) is 49.8 Å². The second-order valence-corrected chi connectivity index (χ2v) is 8.33. The Labute approximate surface area is 168 Å². The zero-order valence-electron chi connectivity index (χ0n) is 15.4. The Morgan fingerprint density at radius 1 is 1.39 bits per heavy atom. The SMILES string of the molecule is N#Cc1ccc(OCC2CCN(C(=O)[C@H]3C[C@@]4(COC(=O)N4)C3)CC2)c(Cl)c1. The van der Waals surface area contributed by atoms with E-state index in [4.69, 9.17) is 26.3 Å². The molecule has 8 heteroatoms. The fourth-order valence-electron chi connectivity index (χ4n) is 4.24.